The standard InChI is InChI=1S/C25H29ClN4O2/c1-3-29-11-5-8-22(29)16-30(25(32)27-21-7-4-6-20(26)14-21)15-19-13-18-12-17(2)9-10-23(18)28-24(19)31/h4,6-7,9-10,12-14,22H,3,5,8,11,15-16H2,1-2H3,(H,27,32)(H,28,31)/t22-/m0/s1. The largest absolute Gasteiger partial charge is 0.322 e. The van der Waals surface area contributed by atoms with Crippen LogP contribution in [0, 0.1) is 6.92 Å². The van der Waals surface area contributed by atoms with E-state index in [1.807, 2.05) is 37.3 Å². The van der Waals surface area contributed by atoms with E-state index in [1.165, 1.54) is 0 Å². The fourth-order valence-corrected chi connectivity index (χ4v) is 4.65. The minimum Gasteiger partial charge on any atom is -0.322 e. The summed E-state index contributed by atoms with van der Waals surface area (Å²) in [6.45, 7) is 6.95. The molecule has 1 aliphatic heterocycles. The molecule has 7 heteroatoms. The van der Waals surface area contributed by atoms with Crippen molar-refractivity contribution in [1.29, 1.82) is 0 Å². The maximum absolute atomic E-state index is 13.3. The predicted molar refractivity (Wildman–Crippen MR) is 130 cm³/mol. The Balaban J connectivity index is 1.62. The van der Waals surface area contributed by atoms with Gasteiger partial charge in [-0.05, 0) is 74.6 Å². The maximum Gasteiger partial charge on any atom is 0.322 e. The van der Waals surface area contributed by atoms with Gasteiger partial charge in [-0.3, -0.25) is 9.69 Å². The number of hydrogen-bond donors (Lipinski definition) is 2. The first-order valence-corrected chi connectivity index (χ1v) is 11.5. The Kier molecular flexibility index (Phi) is 6.82. The molecule has 0 saturated carbocycles. The summed E-state index contributed by atoms with van der Waals surface area (Å²) in [4.78, 5) is 33.2. The van der Waals surface area contributed by atoms with Gasteiger partial charge in [0.15, 0.2) is 0 Å². The molecule has 4 rings (SSSR count). The summed E-state index contributed by atoms with van der Waals surface area (Å²) in [5.74, 6) is 0. The molecule has 1 atom stereocenters. The highest BCUT2D eigenvalue weighted by Crippen LogP contribution is 2.21. The van der Waals surface area contributed by atoms with Gasteiger partial charge in [0, 0.05) is 34.4 Å². The molecule has 3 aromatic rings. The van der Waals surface area contributed by atoms with Crippen molar-refractivity contribution < 1.29 is 4.79 Å². The van der Waals surface area contributed by atoms with Crippen molar-refractivity contribution in [1.82, 2.24) is 14.8 Å². The van der Waals surface area contributed by atoms with Crippen LogP contribution in [0.2, 0.25) is 5.02 Å². The van der Waals surface area contributed by atoms with Crippen LogP contribution in [-0.4, -0.2) is 46.5 Å². The van der Waals surface area contributed by atoms with Gasteiger partial charge in [0.05, 0.1) is 6.54 Å². The number of fused-ring (bicyclic) bond motifs is 1. The van der Waals surface area contributed by atoms with Crippen molar-refractivity contribution in [3.8, 4) is 0 Å². The average Bonchev–Trinajstić information content (AvgIpc) is 3.21. The van der Waals surface area contributed by atoms with E-state index >= 15 is 0 Å². The van der Waals surface area contributed by atoms with Crippen molar-refractivity contribution in [3.63, 3.8) is 0 Å². The first-order valence-electron chi connectivity index (χ1n) is 11.1. The SMILES string of the molecule is CCN1CCC[C@H]1CN(Cc1cc2cc(C)ccc2[nH]c1=O)C(=O)Nc1cccc(Cl)c1. The van der Waals surface area contributed by atoms with E-state index in [9.17, 15) is 9.59 Å². The topological polar surface area (TPSA) is 68.4 Å². The number of aromatic amines is 1. The van der Waals surface area contributed by atoms with Gasteiger partial charge in [-0.25, -0.2) is 4.79 Å². The maximum atomic E-state index is 13.3. The van der Waals surface area contributed by atoms with Gasteiger partial charge in [-0.15, -0.1) is 0 Å². The molecule has 1 aliphatic rings. The molecule has 0 bridgehead atoms. The summed E-state index contributed by atoms with van der Waals surface area (Å²) in [5, 5.41) is 4.47. The number of aromatic nitrogens is 1. The first kappa shape index (κ1) is 22.4. The van der Waals surface area contributed by atoms with Crippen LogP contribution in [0.3, 0.4) is 0 Å². The summed E-state index contributed by atoms with van der Waals surface area (Å²) >= 11 is 6.09. The normalized spacial score (nSPS) is 16.4. The fraction of sp³-hybridized carbons (Fsp3) is 0.360. The van der Waals surface area contributed by atoms with E-state index in [2.05, 4.69) is 22.1 Å². The number of rotatable bonds is 6. The summed E-state index contributed by atoms with van der Waals surface area (Å²) in [7, 11) is 0. The van der Waals surface area contributed by atoms with Gasteiger partial charge in [0.2, 0.25) is 0 Å². The van der Waals surface area contributed by atoms with E-state index < -0.39 is 0 Å². The van der Waals surface area contributed by atoms with E-state index in [0.29, 0.717) is 22.8 Å². The number of likely N-dealkylation sites (tertiary alicyclic amines) is 1. The van der Waals surface area contributed by atoms with Gasteiger partial charge < -0.3 is 15.2 Å². The molecule has 0 aliphatic carbocycles. The van der Waals surface area contributed by atoms with Gasteiger partial charge in [0.1, 0.15) is 0 Å². The zero-order chi connectivity index (χ0) is 22.7. The molecule has 0 spiro atoms. The lowest BCUT2D eigenvalue weighted by atomic mass is 10.1. The third-order valence-electron chi connectivity index (χ3n) is 6.14. The van der Waals surface area contributed by atoms with E-state index in [1.54, 1.807) is 23.1 Å². The number of pyridine rings is 1. The summed E-state index contributed by atoms with van der Waals surface area (Å²) in [5.41, 5.74) is 2.96. The number of likely N-dealkylation sites (N-methyl/N-ethyl adjacent to an activating group) is 1. The number of nitrogens with one attached hydrogen (secondary N) is 2. The quantitative estimate of drug-likeness (QED) is 0.552. The molecule has 2 heterocycles. The second-order valence-corrected chi connectivity index (χ2v) is 8.90. The second-order valence-electron chi connectivity index (χ2n) is 8.46. The van der Waals surface area contributed by atoms with Gasteiger partial charge in [-0.1, -0.05) is 36.2 Å². The number of aryl methyl sites for hydroxylation is 1. The summed E-state index contributed by atoms with van der Waals surface area (Å²) < 4.78 is 0. The molecule has 1 saturated heterocycles. The van der Waals surface area contributed by atoms with Gasteiger partial charge >= 0.3 is 6.03 Å². The van der Waals surface area contributed by atoms with Crippen molar-refractivity contribution in [2.24, 2.45) is 0 Å². The molecular formula is C25H29ClN4O2. The second kappa shape index (κ2) is 9.76. The Morgan fingerprint density at radius 1 is 1.25 bits per heavy atom. The van der Waals surface area contributed by atoms with Crippen molar-refractivity contribution in [2.45, 2.75) is 39.3 Å². The zero-order valence-electron chi connectivity index (χ0n) is 18.5. The number of nitrogens with zero attached hydrogens (tertiary/aromatic N) is 2. The van der Waals surface area contributed by atoms with Crippen molar-refractivity contribution in [2.75, 3.05) is 25.0 Å². The third-order valence-corrected chi connectivity index (χ3v) is 6.37. The molecule has 1 fully saturated rings. The van der Waals surface area contributed by atoms with Crippen LogP contribution >= 0.6 is 11.6 Å². The van der Waals surface area contributed by atoms with Crippen LogP contribution in [0.4, 0.5) is 10.5 Å². The number of H-pyrrole nitrogens is 1. The van der Waals surface area contributed by atoms with Crippen molar-refractivity contribution in [3.05, 3.63) is 75.0 Å². The van der Waals surface area contributed by atoms with Crippen LogP contribution in [0.5, 0.6) is 0 Å². The number of hydrogen-bond acceptors (Lipinski definition) is 3. The van der Waals surface area contributed by atoms with E-state index in [4.69, 9.17) is 11.6 Å². The van der Waals surface area contributed by atoms with Gasteiger partial charge in [-0.2, -0.15) is 0 Å². The number of benzene rings is 2. The minimum absolute atomic E-state index is 0.166. The van der Waals surface area contributed by atoms with Crippen LogP contribution in [0.15, 0.2) is 53.3 Å². The van der Waals surface area contributed by atoms with Gasteiger partial charge in [0.25, 0.3) is 5.56 Å². The molecule has 2 aromatic carbocycles. The third kappa shape index (κ3) is 5.14. The Morgan fingerprint density at radius 3 is 2.88 bits per heavy atom. The number of halogens is 1. The first-order chi connectivity index (χ1) is 15.4. The molecule has 2 amide bonds. The Morgan fingerprint density at radius 2 is 2.09 bits per heavy atom. The predicted octanol–water partition coefficient (Wildman–Crippen LogP) is 5.01. The number of carbonyl (C=O) groups is 1. The highest BCUT2D eigenvalue weighted by Gasteiger charge is 2.28. The number of urea groups is 1. The molecule has 0 unspecified atom stereocenters. The smallest absolute Gasteiger partial charge is 0.322 e. The minimum atomic E-state index is -0.237. The average molecular weight is 453 g/mol. The molecule has 32 heavy (non-hydrogen) atoms. The van der Waals surface area contributed by atoms with Crippen LogP contribution in [-0.2, 0) is 6.54 Å². The molecule has 6 nitrogen and oxygen atoms in total. The Bertz CT molecular complexity index is 1180. The number of carbonyl (C=O) groups excluding carboxylic acids is 1. The molecule has 0 radical (unpaired) electrons. The fourth-order valence-electron chi connectivity index (χ4n) is 4.45. The monoisotopic (exact) mass is 452 g/mol. The summed E-state index contributed by atoms with van der Waals surface area (Å²) in [6, 6.07) is 15.0. The highest BCUT2D eigenvalue weighted by atomic mass is 35.5. The molecular weight excluding hydrogens is 424 g/mol. The lowest BCUT2D eigenvalue weighted by molar-refractivity contribution is 0.174. The van der Waals surface area contributed by atoms with E-state index in [-0.39, 0.29) is 24.2 Å². The summed E-state index contributed by atoms with van der Waals surface area (Å²) in [6.07, 6.45) is 2.17. The lowest BCUT2D eigenvalue weighted by Gasteiger charge is -2.30. The molecule has 168 valence electrons. The number of amides is 2. The van der Waals surface area contributed by atoms with Crippen LogP contribution < -0.4 is 10.9 Å². The van der Waals surface area contributed by atoms with Crippen molar-refractivity contribution >= 4 is 34.2 Å². The van der Waals surface area contributed by atoms with Crippen LogP contribution in [0.1, 0.15) is 30.9 Å². The number of anilines is 1. The highest BCUT2D eigenvalue weighted by molar-refractivity contribution is 6.30. The Labute approximate surface area is 193 Å². The van der Waals surface area contributed by atoms with Crippen LogP contribution in [0.25, 0.3) is 10.9 Å². The molecule has 1 aromatic heterocycles. The Hall–Kier alpha value is -2.83. The molecule has 2 N–H and O–H groups in total. The zero-order valence-corrected chi connectivity index (χ0v) is 19.3. The van der Waals surface area contributed by atoms with E-state index in [0.717, 1.165) is 42.4 Å². The lowest BCUT2D eigenvalue weighted by Crippen LogP contribution is -2.45.